The molecule has 18 heavy (non-hydrogen) atoms. The maximum absolute atomic E-state index is 11.6. The summed E-state index contributed by atoms with van der Waals surface area (Å²) in [4.78, 5) is 0. The fraction of sp³-hybridized carbons (Fsp3) is 0.571. The molecule has 0 heterocycles. The summed E-state index contributed by atoms with van der Waals surface area (Å²) in [6.07, 6.45) is 0. The predicted molar refractivity (Wildman–Crippen MR) is 76.5 cm³/mol. The maximum atomic E-state index is 11.6. The highest BCUT2D eigenvalue weighted by atomic mass is 32.2. The van der Waals surface area contributed by atoms with Crippen molar-refractivity contribution < 1.29 is 8.42 Å². The first-order valence-electron chi connectivity index (χ1n) is 6.37. The zero-order chi connectivity index (χ0) is 13.8. The minimum Gasteiger partial charge on any atom is -0.307 e. The first kappa shape index (κ1) is 15.2. The maximum Gasteiger partial charge on any atom is 0.151 e. The quantitative estimate of drug-likeness (QED) is 0.863. The number of aryl methyl sites for hydroxylation is 1. The lowest BCUT2D eigenvalue weighted by atomic mass is 10.0. The Labute approximate surface area is 111 Å². The van der Waals surface area contributed by atoms with E-state index in [1.54, 1.807) is 6.92 Å². The predicted octanol–water partition coefficient (Wildman–Crippen LogP) is 2.47. The lowest BCUT2D eigenvalue weighted by Gasteiger charge is -2.21. The van der Waals surface area contributed by atoms with Crippen LogP contribution in [0.2, 0.25) is 0 Å². The Kier molecular flexibility index (Phi) is 5.35. The third-order valence-electron chi connectivity index (χ3n) is 3.13. The van der Waals surface area contributed by atoms with Crippen LogP contribution in [0, 0.1) is 6.92 Å². The van der Waals surface area contributed by atoms with Crippen LogP contribution >= 0.6 is 0 Å². The molecule has 0 radical (unpaired) electrons. The van der Waals surface area contributed by atoms with E-state index in [1.807, 2.05) is 19.1 Å². The first-order valence-corrected chi connectivity index (χ1v) is 8.20. The smallest absolute Gasteiger partial charge is 0.151 e. The normalized spacial score (nSPS) is 15.3. The number of nitrogens with one attached hydrogen (secondary N) is 1. The van der Waals surface area contributed by atoms with Crippen molar-refractivity contribution in [3.8, 4) is 0 Å². The van der Waals surface area contributed by atoms with Gasteiger partial charge in [-0.1, -0.05) is 31.2 Å². The molecule has 0 aliphatic rings. The standard InChI is InChI=1S/C14H23NO2S/c1-5-18(16,17)10-12(3)15-13(4)14-9-7-6-8-11(14)2/h6-9,12-13,15H,5,10H2,1-4H3/t12?,13-/m1/s1. The van der Waals surface area contributed by atoms with Gasteiger partial charge in [0.1, 0.15) is 0 Å². The van der Waals surface area contributed by atoms with Crippen LogP contribution in [0.5, 0.6) is 0 Å². The highest BCUT2D eigenvalue weighted by molar-refractivity contribution is 7.91. The summed E-state index contributed by atoms with van der Waals surface area (Å²) in [5.74, 6) is 0.400. The van der Waals surface area contributed by atoms with Gasteiger partial charge in [-0.25, -0.2) is 8.42 Å². The zero-order valence-electron chi connectivity index (χ0n) is 11.6. The molecular weight excluding hydrogens is 246 g/mol. The van der Waals surface area contributed by atoms with E-state index in [1.165, 1.54) is 11.1 Å². The van der Waals surface area contributed by atoms with Gasteiger partial charge in [0, 0.05) is 17.8 Å². The summed E-state index contributed by atoms with van der Waals surface area (Å²) >= 11 is 0. The van der Waals surface area contributed by atoms with Gasteiger partial charge in [0.15, 0.2) is 9.84 Å². The largest absolute Gasteiger partial charge is 0.307 e. The monoisotopic (exact) mass is 269 g/mol. The van der Waals surface area contributed by atoms with Crippen molar-refractivity contribution in [2.75, 3.05) is 11.5 Å². The van der Waals surface area contributed by atoms with Crippen LogP contribution in [0.4, 0.5) is 0 Å². The van der Waals surface area contributed by atoms with E-state index < -0.39 is 9.84 Å². The SMILES string of the molecule is CCS(=O)(=O)CC(C)N[C@H](C)c1ccccc1C. The van der Waals surface area contributed by atoms with Crippen molar-refractivity contribution in [1.82, 2.24) is 5.32 Å². The average Bonchev–Trinajstić information content (AvgIpc) is 2.28. The Balaban J connectivity index is 2.66. The number of hydrogen-bond donors (Lipinski definition) is 1. The Hall–Kier alpha value is -0.870. The van der Waals surface area contributed by atoms with Crippen LogP contribution in [-0.2, 0) is 9.84 Å². The van der Waals surface area contributed by atoms with E-state index >= 15 is 0 Å². The molecule has 2 atom stereocenters. The molecule has 1 aromatic carbocycles. The molecule has 102 valence electrons. The molecular formula is C14H23NO2S. The van der Waals surface area contributed by atoms with Gasteiger partial charge in [0.05, 0.1) is 5.75 Å². The Bertz CT molecular complexity index is 482. The Morgan fingerprint density at radius 2 is 1.83 bits per heavy atom. The van der Waals surface area contributed by atoms with E-state index in [2.05, 4.69) is 31.3 Å². The van der Waals surface area contributed by atoms with Crippen LogP contribution in [0.3, 0.4) is 0 Å². The second-order valence-electron chi connectivity index (χ2n) is 4.84. The fourth-order valence-corrected chi connectivity index (χ4v) is 3.23. The van der Waals surface area contributed by atoms with Crippen LogP contribution in [0.15, 0.2) is 24.3 Å². The van der Waals surface area contributed by atoms with Gasteiger partial charge >= 0.3 is 0 Å². The van der Waals surface area contributed by atoms with Crippen molar-refractivity contribution in [1.29, 1.82) is 0 Å². The van der Waals surface area contributed by atoms with Crippen LogP contribution in [-0.4, -0.2) is 26.0 Å². The molecule has 0 aliphatic carbocycles. The topological polar surface area (TPSA) is 46.2 Å². The Morgan fingerprint density at radius 1 is 1.22 bits per heavy atom. The van der Waals surface area contributed by atoms with Crippen molar-refractivity contribution in [2.24, 2.45) is 0 Å². The van der Waals surface area contributed by atoms with Gasteiger partial charge in [-0.15, -0.1) is 0 Å². The summed E-state index contributed by atoms with van der Waals surface area (Å²) in [5.41, 5.74) is 2.45. The number of sulfone groups is 1. The van der Waals surface area contributed by atoms with Crippen LogP contribution < -0.4 is 5.32 Å². The fourth-order valence-electron chi connectivity index (χ4n) is 2.14. The highest BCUT2D eigenvalue weighted by Gasteiger charge is 2.16. The van der Waals surface area contributed by atoms with E-state index in [4.69, 9.17) is 0 Å². The van der Waals surface area contributed by atoms with Gasteiger partial charge in [-0.05, 0) is 31.9 Å². The summed E-state index contributed by atoms with van der Waals surface area (Å²) in [6.45, 7) is 7.74. The van der Waals surface area contributed by atoms with Crippen molar-refractivity contribution in [3.63, 3.8) is 0 Å². The van der Waals surface area contributed by atoms with E-state index in [0.29, 0.717) is 0 Å². The van der Waals surface area contributed by atoms with E-state index in [0.717, 1.165) is 0 Å². The second-order valence-corrected chi connectivity index (χ2v) is 7.24. The molecule has 0 amide bonds. The molecule has 1 unspecified atom stereocenters. The third-order valence-corrected chi connectivity index (χ3v) is 5.02. The Morgan fingerprint density at radius 3 is 2.39 bits per heavy atom. The molecule has 0 saturated heterocycles. The molecule has 0 aliphatic heterocycles. The molecule has 1 aromatic rings. The highest BCUT2D eigenvalue weighted by Crippen LogP contribution is 2.17. The molecule has 3 nitrogen and oxygen atoms in total. The molecule has 1 rings (SSSR count). The summed E-state index contributed by atoms with van der Waals surface area (Å²) in [7, 11) is -2.92. The third kappa shape index (κ3) is 4.42. The van der Waals surface area contributed by atoms with Crippen molar-refractivity contribution >= 4 is 9.84 Å². The molecule has 0 aromatic heterocycles. The average molecular weight is 269 g/mol. The minimum absolute atomic E-state index is 0.0374. The van der Waals surface area contributed by atoms with Gasteiger partial charge in [-0.3, -0.25) is 0 Å². The first-order chi connectivity index (χ1) is 8.35. The van der Waals surface area contributed by atoms with E-state index in [-0.39, 0.29) is 23.6 Å². The van der Waals surface area contributed by atoms with Gasteiger partial charge in [0.2, 0.25) is 0 Å². The minimum atomic E-state index is -2.92. The second kappa shape index (κ2) is 6.34. The molecule has 0 saturated carbocycles. The summed E-state index contributed by atoms with van der Waals surface area (Å²) in [6, 6.07) is 8.29. The molecule has 0 spiro atoms. The number of rotatable bonds is 6. The van der Waals surface area contributed by atoms with Crippen LogP contribution in [0.1, 0.15) is 37.9 Å². The summed E-state index contributed by atoms with van der Waals surface area (Å²) in [5, 5.41) is 3.35. The lowest BCUT2D eigenvalue weighted by Crippen LogP contribution is -2.35. The van der Waals surface area contributed by atoms with Crippen molar-refractivity contribution in [3.05, 3.63) is 35.4 Å². The molecule has 1 N–H and O–H groups in total. The van der Waals surface area contributed by atoms with E-state index in [9.17, 15) is 8.42 Å². The molecule has 0 bridgehead atoms. The van der Waals surface area contributed by atoms with Gasteiger partial charge in [-0.2, -0.15) is 0 Å². The lowest BCUT2D eigenvalue weighted by molar-refractivity contribution is 0.498. The van der Waals surface area contributed by atoms with Crippen molar-refractivity contribution in [2.45, 2.75) is 39.8 Å². The molecule has 0 fully saturated rings. The van der Waals surface area contributed by atoms with Gasteiger partial charge < -0.3 is 5.32 Å². The molecule has 4 heteroatoms. The zero-order valence-corrected chi connectivity index (χ0v) is 12.4. The number of hydrogen-bond acceptors (Lipinski definition) is 3. The summed E-state index contributed by atoms with van der Waals surface area (Å²) < 4.78 is 23.1. The number of benzene rings is 1. The van der Waals surface area contributed by atoms with Gasteiger partial charge in [0.25, 0.3) is 0 Å². The van der Waals surface area contributed by atoms with Crippen LogP contribution in [0.25, 0.3) is 0 Å².